The SMILES string of the molecule is Nc1ccccc1C(=O)CC(C(=O)c1ccc(Br)cc1N)c1ccc(I)cc1. The van der Waals surface area contributed by atoms with Crippen LogP contribution in [0.1, 0.15) is 38.6 Å². The van der Waals surface area contributed by atoms with Crippen LogP contribution >= 0.6 is 38.5 Å². The molecule has 3 aromatic rings. The Morgan fingerprint density at radius 1 is 0.893 bits per heavy atom. The van der Waals surface area contributed by atoms with Crippen molar-refractivity contribution in [1.29, 1.82) is 0 Å². The predicted octanol–water partition coefficient (Wildman–Crippen LogP) is 5.46. The van der Waals surface area contributed by atoms with Gasteiger partial charge in [0.2, 0.25) is 0 Å². The molecule has 0 spiro atoms. The minimum absolute atomic E-state index is 0.0170. The molecule has 0 fully saturated rings. The van der Waals surface area contributed by atoms with Crippen molar-refractivity contribution in [2.24, 2.45) is 0 Å². The minimum atomic E-state index is -0.646. The molecule has 4 nitrogen and oxygen atoms in total. The van der Waals surface area contributed by atoms with E-state index < -0.39 is 5.92 Å². The van der Waals surface area contributed by atoms with Crippen LogP contribution in [0.4, 0.5) is 11.4 Å². The van der Waals surface area contributed by atoms with Gasteiger partial charge in [-0.2, -0.15) is 0 Å². The number of hydrogen-bond acceptors (Lipinski definition) is 4. The standard InChI is InChI=1S/C22H18BrIN2O2/c23-14-7-10-17(20(26)11-14)22(28)18(13-5-8-15(24)9-6-13)12-21(27)16-3-1-2-4-19(16)25/h1-11,18H,12,25-26H2. The summed E-state index contributed by atoms with van der Waals surface area (Å²) in [6, 6.07) is 19.6. The first-order valence-corrected chi connectivity index (χ1v) is 10.5. The summed E-state index contributed by atoms with van der Waals surface area (Å²) < 4.78 is 1.84. The monoisotopic (exact) mass is 548 g/mol. The van der Waals surface area contributed by atoms with E-state index in [4.69, 9.17) is 11.5 Å². The molecule has 0 bridgehead atoms. The molecule has 0 amide bonds. The molecular formula is C22H18BrIN2O2. The Hall–Kier alpha value is -2.19. The average molecular weight is 549 g/mol. The van der Waals surface area contributed by atoms with E-state index in [-0.39, 0.29) is 18.0 Å². The summed E-state index contributed by atoms with van der Waals surface area (Å²) in [7, 11) is 0. The summed E-state index contributed by atoms with van der Waals surface area (Å²) in [4.78, 5) is 26.3. The normalized spacial score (nSPS) is 11.8. The lowest BCUT2D eigenvalue weighted by Gasteiger charge is -2.18. The Morgan fingerprint density at radius 2 is 1.57 bits per heavy atom. The molecule has 3 rings (SSSR count). The highest BCUT2D eigenvalue weighted by Crippen LogP contribution is 2.30. The first-order chi connectivity index (χ1) is 13.4. The van der Waals surface area contributed by atoms with Crippen molar-refractivity contribution in [1.82, 2.24) is 0 Å². The smallest absolute Gasteiger partial charge is 0.172 e. The van der Waals surface area contributed by atoms with Crippen LogP contribution < -0.4 is 11.5 Å². The number of Topliss-reactive ketones (excluding diaryl/α,β-unsaturated/α-hetero) is 2. The van der Waals surface area contributed by atoms with Gasteiger partial charge in [-0.3, -0.25) is 9.59 Å². The zero-order chi connectivity index (χ0) is 20.3. The van der Waals surface area contributed by atoms with Gasteiger partial charge in [-0.25, -0.2) is 0 Å². The van der Waals surface area contributed by atoms with Crippen molar-refractivity contribution in [3.63, 3.8) is 0 Å². The lowest BCUT2D eigenvalue weighted by Crippen LogP contribution is -2.19. The molecule has 28 heavy (non-hydrogen) atoms. The molecule has 1 atom stereocenters. The van der Waals surface area contributed by atoms with E-state index >= 15 is 0 Å². The molecular weight excluding hydrogens is 531 g/mol. The third-order valence-electron chi connectivity index (χ3n) is 4.52. The highest BCUT2D eigenvalue weighted by Gasteiger charge is 2.27. The molecule has 0 aliphatic rings. The quantitative estimate of drug-likeness (QED) is 0.243. The van der Waals surface area contributed by atoms with Crippen molar-refractivity contribution in [3.05, 3.63) is 91.5 Å². The maximum Gasteiger partial charge on any atom is 0.172 e. The van der Waals surface area contributed by atoms with Crippen LogP contribution in [0.25, 0.3) is 0 Å². The molecule has 0 saturated carbocycles. The number of halogens is 2. The summed E-state index contributed by atoms with van der Waals surface area (Å²) in [5.74, 6) is -1.01. The van der Waals surface area contributed by atoms with E-state index in [1.807, 2.05) is 24.3 Å². The van der Waals surface area contributed by atoms with Gasteiger partial charge in [0.05, 0.1) is 5.92 Å². The van der Waals surface area contributed by atoms with Crippen molar-refractivity contribution < 1.29 is 9.59 Å². The Labute approximate surface area is 185 Å². The van der Waals surface area contributed by atoms with E-state index in [9.17, 15) is 9.59 Å². The van der Waals surface area contributed by atoms with Crippen molar-refractivity contribution in [2.45, 2.75) is 12.3 Å². The van der Waals surface area contributed by atoms with Crippen molar-refractivity contribution in [2.75, 3.05) is 11.5 Å². The average Bonchev–Trinajstić information content (AvgIpc) is 2.66. The molecule has 0 aliphatic heterocycles. The molecule has 0 saturated heterocycles. The molecule has 1 unspecified atom stereocenters. The predicted molar refractivity (Wildman–Crippen MR) is 125 cm³/mol. The third-order valence-corrected chi connectivity index (χ3v) is 5.73. The van der Waals surface area contributed by atoms with Gasteiger partial charge in [0.1, 0.15) is 0 Å². The maximum atomic E-state index is 13.3. The largest absolute Gasteiger partial charge is 0.398 e. The summed E-state index contributed by atoms with van der Waals surface area (Å²) in [6.45, 7) is 0. The Kier molecular flexibility index (Phi) is 6.51. The number of para-hydroxylation sites is 1. The van der Waals surface area contributed by atoms with Crippen molar-refractivity contribution >= 4 is 61.5 Å². The van der Waals surface area contributed by atoms with Crippen LogP contribution in [0.3, 0.4) is 0 Å². The number of anilines is 2. The van der Waals surface area contributed by atoms with Gasteiger partial charge >= 0.3 is 0 Å². The second kappa shape index (κ2) is 8.87. The number of nitrogens with two attached hydrogens (primary N) is 2. The molecule has 0 heterocycles. The molecule has 0 aliphatic carbocycles. The van der Waals surface area contributed by atoms with Crippen LogP contribution in [0.15, 0.2) is 71.2 Å². The lowest BCUT2D eigenvalue weighted by atomic mass is 9.85. The van der Waals surface area contributed by atoms with Gasteiger partial charge in [0.15, 0.2) is 11.6 Å². The Balaban J connectivity index is 2.00. The summed E-state index contributed by atoms with van der Waals surface area (Å²) in [5.41, 5.74) is 14.4. The third kappa shape index (κ3) is 4.62. The molecule has 0 radical (unpaired) electrons. The maximum absolute atomic E-state index is 13.3. The molecule has 4 N–H and O–H groups in total. The second-order valence-corrected chi connectivity index (χ2v) is 8.58. The van der Waals surface area contributed by atoms with E-state index in [1.165, 1.54) is 0 Å². The number of carbonyl (C=O) groups excluding carboxylic acids is 2. The summed E-state index contributed by atoms with van der Waals surface area (Å²) in [5, 5.41) is 0. The minimum Gasteiger partial charge on any atom is -0.398 e. The first kappa shape index (κ1) is 20.5. The highest BCUT2D eigenvalue weighted by atomic mass is 127. The summed E-state index contributed by atoms with van der Waals surface area (Å²) >= 11 is 5.56. The van der Waals surface area contributed by atoms with E-state index in [0.29, 0.717) is 22.5 Å². The van der Waals surface area contributed by atoms with Crippen LogP contribution in [-0.4, -0.2) is 11.6 Å². The van der Waals surface area contributed by atoms with E-state index in [1.54, 1.807) is 42.5 Å². The zero-order valence-electron chi connectivity index (χ0n) is 14.9. The van der Waals surface area contributed by atoms with Gasteiger partial charge in [-0.1, -0.05) is 40.2 Å². The van der Waals surface area contributed by atoms with Gasteiger partial charge < -0.3 is 11.5 Å². The molecule has 0 aromatic heterocycles. The molecule has 3 aromatic carbocycles. The van der Waals surface area contributed by atoms with Gasteiger partial charge in [-0.15, -0.1) is 0 Å². The Morgan fingerprint density at radius 3 is 2.21 bits per heavy atom. The van der Waals surface area contributed by atoms with Crippen molar-refractivity contribution in [3.8, 4) is 0 Å². The number of ketones is 2. The highest BCUT2D eigenvalue weighted by molar-refractivity contribution is 14.1. The Bertz CT molecular complexity index is 1030. The number of carbonyl (C=O) groups is 2. The van der Waals surface area contributed by atoms with E-state index in [2.05, 4.69) is 38.5 Å². The fourth-order valence-corrected chi connectivity index (χ4v) is 3.79. The fraction of sp³-hybridized carbons (Fsp3) is 0.0909. The first-order valence-electron chi connectivity index (χ1n) is 8.59. The zero-order valence-corrected chi connectivity index (χ0v) is 18.6. The number of nitrogen functional groups attached to an aromatic ring is 2. The topological polar surface area (TPSA) is 86.2 Å². The van der Waals surface area contributed by atoms with Crippen LogP contribution in [-0.2, 0) is 0 Å². The van der Waals surface area contributed by atoms with Crippen LogP contribution in [0.5, 0.6) is 0 Å². The molecule has 142 valence electrons. The lowest BCUT2D eigenvalue weighted by molar-refractivity contribution is 0.0894. The van der Waals surface area contributed by atoms with E-state index in [0.717, 1.165) is 13.6 Å². The van der Waals surface area contributed by atoms with Gasteiger partial charge in [-0.05, 0) is 70.6 Å². The molecule has 6 heteroatoms. The fourth-order valence-electron chi connectivity index (χ4n) is 3.05. The second-order valence-electron chi connectivity index (χ2n) is 6.41. The van der Waals surface area contributed by atoms with Gasteiger partial charge in [0.25, 0.3) is 0 Å². The van der Waals surface area contributed by atoms with Crippen LogP contribution in [0, 0.1) is 3.57 Å². The van der Waals surface area contributed by atoms with Gasteiger partial charge in [0, 0.05) is 37.0 Å². The summed E-state index contributed by atoms with van der Waals surface area (Å²) in [6.07, 6.45) is 0.0170. The number of benzene rings is 3. The number of rotatable bonds is 6. The number of hydrogen-bond donors (Lipinski definition) is 2. The van der Waals surface area contributed by atoms with Crippen LogP contribution in [0.2, 0.25) is 0 Å².